The van der Waals surface area contributed by atoms with E-state index >= 15 is 8.78 Å². The van der Waals surface area contributed by atoms with Crippen molar-refractivity contribution in [3.05, 3.63) is 88.0 Å². The molecule has 20 heteroatoms. The van der Waals surface area contributed by atoms with E-state index in [4.69, 9.17) is 21.1 Å². The predicted molar refractivity (Wildman–Crippen MR) is 298 cm³/mol. The van der Waals surface area contributed by atoms with Crippen molar-refractivity contribution in [1.82, 2.24) is 54.3 Å². The van der Waals surface area contributed by atoms with E-state index in [0.29, 0.717) is 78.2 Å². The molecule has 7 aliphatic heterocycles. The average molecular weight is 1090 g/mol. The highest BCUT2D eigenvalue weighted by molar-refractivity contribution is 6.02. The number of nitrogens with one attached hydrogen (secondary N) is 2. The molecule has 7 atom stereocenters. The average Bonchev–Trinajstić information content (AvgIpc) is 4.34. The van der Waals surface area contributed by atoms with Crippen LogP contribution >= 0.6 is 0 Å². The summed E-state index contributed by atoms with van der Waals surface area (Å²) in [4.78, 5) is 76.9. The number of fused-ring (bicyclic) bond motifs is 6. The number of carboxylic acid groups (broad SMARTS) is 1. The summed E-state index contributed by atoms with van der Waals surface area (Å²) >= 11 is 0. The molecule has 80 heavy (non-hydrogen) atoms. The maximum Gasteiger partial charge on any atom is 0.407 e. The second-order valence-electron chi connectivity index (χ2n) is 23.7. The molecule has 3 aromatic carbocycles. The summed E-state index contributed by atoms with van der Waals surface area (Å²) in [5.41, 5.74) is 2.46. The molecule has 418 valence electrons. The Morgan fingerprint density at radius 3 is 2.50 bits per heavy atom. The first kappa shape index (κ1) is 52.3. The number of ether oxygens (including phenoxy) is 1. The minimum Gasteiger partial charge on any atom is -0.465 e. The zero-order valence-electron chi connectivity index (χ0n) is 45.2. The highest BCUT2D eigenvalue weighted by atomic mass is 19.1. The van der Waals surface area contributed by atoms with E-state index < -0.39 is 29.7 Å². The minimum absolute atomic E-state index is 0.0141. The molecular weight excluding hydrogens is 1020 g/mol. The lowest BCUT2D eigenvalue weighted by molar-refractivity contribution is -0.135. The van der Waals surface area contributed by atoms with Gasteiger partial charge in [0.15, 0.2) is 5.82 Å². The fourth-order valence-electron chi connectivity index (χ4n) is 15.1. The van der Waals surface area contributed by atoms with Gasteiger partial charge in [0.1, 0.15) is 35.5 Å². The van der Waals surface area contributed by atoms with E-state index in [2.05, 4.69) is 41.1 Å². The van der Waals surface area contributed by atoms with E-state index in [9.17, 15) is 24.3 Å². The first-order chi connectivity index (χ1) is 38.8. The number of piperidine rings is 2. The number of aryl methyl sites for hydroxylation is 1. The van der Waals surface area contributed by atoms with E-state index in [-0.39, 0.29) is 70.5 Å². The number of anilines is 1. The number of aromatic nitrogens is 5. The lowest BCUT2D eigenvalue weighted by atomic mass is 9.85. The number of rotatable bonds is 13. The standard InChI is InChI=1S/C60H68F2N12O6/c1-3-43-46(61)14-11-37-7-4-9-44(50(37)43)52-51(62)53-45(31-63-52)55(71-33-39-12-13-40(34-71)64-39)67-57(66-53)80-35-60-20-6-22-73(60)41(17-21-60)30-42-29-36(19-24-72(42)59(78)79)18-23-69-25-27-70(28-26-69)32-38-8-5-10-47-54(38)68(2)58(77)74(47)48-15-16-49(75)65-56(48)76/h1,4-5,7-11,14,31,36,39-42,48,64H,6,12-13,15-30,32-35H2,2H3,(H,78,79)(H,65,75,76)/t36?,39?,40?,41-,42?,48?,60-/m0/s1. The van der Waals surface area contributed by atoms with Crippen LogP contribution in [-0.2, 0) is 23.2 Å². The summed E-state index contributed by atoms with van der Waals surface area (Å²) in [5, 5.41) is 18.1. The van der Waals surface area contributed by atoms with Gasteiger partial charge in [-0.05, 0) is 113 Å². The number of imide groups is 1. The van der Waals surface area contributed by atoms with Gasteiger partial charge in [0.2, 0.25) is 11.8 Å². The van der Waals surface area contributed by atoms with Gasteiger partial charge in [-0.1, -0.05) is 42.3 Å². The van der Waals surface area contributed by atoms with Gasteiger partial charge >= 0.3 is 17.8 Å². The van der Waals surface area contributed by atoms with Gasteiger partial charge in [-0.25, -0.2) is 18.4 Å². The molecule has 0 radical (unpaired) electrons. The largest absolute Gasteiger partial charge is 0.465 e. The first-order valence-electron chi connectivity index (χ1n) is 28.7. The lowest BCUT2D eigenvalue weighted by Crippen LogP contribution is -2.51. The van der Waals surface area contributed by atoms with Crippen molar-refractivity contribution in [1.29, 1.82) is 0 Å². The number of para-hydroxylation sites is 1. The number of nitrogens with zero attached hydrogens (tertiary/aromatic N) is 10. The van der Waals surface area contributed by atoms with Gasteiger partial charge in [-0.3, -0.25) is 38.8 Å². The van der Waals surface area contributed by atoms with E-state index in [1.165, 1.54) is 10.6 Å². The Morgan fingerprint density at radius 1 is 0.912 bits per heavy atom. The molecule has 7 aliphatic rings. The number of likely N-dealkylation sites (tertiary alicyclic amines) is 1. The molecule has 3 amide bonds. The van der Waals surface area contributed by atoms with Crippen LogP contribution in [0.1, 0.15) is 94.2 Å². The normalized spacial score (nSPS) is 26.6. The van der Waals surface area contributed by atoms with E-state index in [1.54, 1.807) is 40.9 Å². The molecule has 5 unspecified atom stereocenters. The summed E-state index contributed by atoms with van der Waals surface area (Å²) < 4.78 is 42.3. The van der Waals surface area contributed by atoms with Crippen molar-refractivity contribution in [3.63, 3.8) is 0 Å². The van der Waals surface area contributed by atoms with Gasteiger partial charge < -0.3 is 29.9 Å². The van der Waals surface area contributed by atoms with Crippen LogP contribution in [0.15, 0.2) is 59.5 Å². The number of amides is 3. The zero-order chi connectivity index (χ0) is 55.0. The molecule has 3 N–H and O–H groups in total. The smallest absolute Gasteiger partial charge is 0.407 e. The van der Waals surface area contributed by atoms with Crippen molar-refractivity contribution < 1.29 is 33.0 Å². The maximum atomic E-state index is 17.3. The van der Waals surface area contributed by atoms with Crippen molar-refractivity contribution in [2.45, 2.75) is 119 Å². The number of carbonyl (C=O) groups is 3. The second-order valence-corrected chi connectivity index (χ2v) is 23.7. The third-order valence-electron chi connectivity index (χ3n) is 19.1. The van der Waals surface area contributed by atoms with Crippen molar-refractivity contribution >= 4 is 56.4 Å². The van der Waals surface area contributed by atoms with Gasteiger partial charge in [0, 0.05) is 107 Å². The van der Waals surface area contributed by atoms with Crippen LogP contribution in [0.4, 0.5) is 19.4 Å². The third-order valence-corrected chi connectivity index (χ3v) is 19.1. The number of hydrogen-bond acceptors (Lipinski definition) is 13. The summed E-state index contributed by atoms with van der Waals surface area (Å²) in [5.74, 6) is 1.46. The van der Waals surface area contributed by atoms with Gasteiger partial charge in [0.05, 0.1) is 27.5 Å². The van der Waals surface area contributed by atoms with Crippen LogP contribution in [0.25, 0.3) is 44.0 Å². The minimum atomic E-state index is -0.863. The Kier molecular flexibility index (Phi) is 13.8. The first-order valence-corrected chi connectivity index (χ1v) is 28.7. The fourth-order valence-corrected chi connectivity index (χ4v) is 15.1. The van der Waals surface area contributed by atoms with Crippen molar-refractivity contribution in [2.24, 2.45) is 13.0 Å². The number of benzene rings is 3. The van der Waals surface area contributed by atoms with Crippen LogP contribution in [0.3, 0.4) is 0 Å². The lowest BCUT2D eigenvalue weighted by Gasteiger charge is -2.42. The van der Waals surface area contributed by atoms with Gasteiger partial charge in [0.25, 0.3) is 0 Å². The number of hydrogen-bond donors (Lipinski definition) is 3. The van der Waals surface area contributed by atoms with E-state index in [0.717, 1.165) is 115 Å². The summed E-state index contributed by atoms with van der Waals surface area (Å²) in [7, 11) is 1.74. The second kappa shape index (κ2) is 21.1. The topological polar surface area (TPSA) is 187 Å². The maximum absolute atomic E-state index is 17.3. The number of pyridine rings is 1. The van der Waals surface area contributed by atoms with Crippen LogP contribution < -0.4 is 26.0 Å². The third kappa shape index (κ3) is 9.42. The summed E-state index contributed by atoms with van der Waals surface area (Å²) in [6, 6.07) is 14.1. The molecule has 7 fully saturated rings. The highest BCUT2D eigenvalue weighted by Gasteiger charge is 2.51. The quantitative estimate of drug-likeness (QED) is 0.0851. The fraction of sp³-hybridized carbons (Fsp3) is 0.517. The monoisotopic (exact) mass is 1090 g/mol. The predicted octanol–water partition coefficient (Wildman–Crippen LogP) is 6.41. The Bertz CT molecular complexity index is 3540. The van der Waals surface area contributed by atoms with Crippen molar-refractivity contribution in [2.75, 3.05) is 70.4 Å². The molecule has 10 heterocycles. The van der Waals surface area contributed by atoms with Crippen LogP contribution in [0, 0.1) is 29.9 Å². The highest BCUT2D eigenvalue weighted by Crippen LogP contribution is 2.46. The molecule has 0 aliphatic carbocycles. The van der Waals surface area contributed by atoms with Gasteiger partial charge in [-0.15, -0.1) is 6.42 Å². The number of terminal acetylenes is 1. The summed E-state index contributed by atoms with van der Waals surface area (Å²) in [6.07, 6.45) is 16.3. The van der Waals surface area contributed by atoms with Crippen LogP contribution in [-0.4, -0.2) is 162 Å². The molecule has 7 saturated heterocycles. The Balaban J connectivity index is 0.671. The molecule has 13 rings (SSSR count). The molecule has 6 aromatic rings. The zero-order valence-corrected chi connectivity index (χ0v) is 45.2. The number of halogens is 2. The molecule has 18 nitrogen and oxygen atoms in total. The molecule has 3 aromatic heterocycles. The summed E-state index contributed by atoms with van der Waals surface area (Å²) in [6.45, 7) is 8.26. The Labute approximate surface area is 462 Å². The van der Waals surface area contributed by atoms with Gasteiger partial charge in [-0.2, -0.15) is 9.97 Å². The SMILES string of the molecule is C#Cc1c(F)ccc2cccc(-c3ncc4c(N5CC6CCC(C5)N6)nc(OC[C@@]56CCCN5[C@H](CC5CC(CCN7CCN(Cc8cccc9c8n(C)c(=O)n9C8CCC(=O)NC8=O)CC7)CCN5C(=O)O)CC6)nc4c3F)c12. The van der Waals surface area contributed by atoms with E-state index in [1.807, 2.05) is 24.3 Å². The molecule has 2 bridgehead atoms. The number of carbonyl (C=O) groups excluding carboxylic acids is 2. The molecule has 0 spiro atoms. The van der Waals surface area contributed by atoms with Crippen LogP contribution in [0.2, 0.25) is 0 Å². The number of piperazine rings is 2. The number of imidazole rings is 1. The van der Waals surface area contributed by atoms with Crippen molar-refractivity contribution in [3.8, 4) is 29.6 Å². The molecule has 0 saturated carbocycles. The molecular formula is C60H68F2N12O6. The Morgan fingerprint density at radius 2 is 1.71 bits per heavy atom. The Hall–Kier alpha value is -7.05. The van der Waals surface area contributed by atoms with Crippen LogP contribution in [0.5, 0.6) is 6.01 Å².